The van der Waals surface area contributed by atoms with Gasteiger partial charge in [0, 0.05) is 6.04 Å². The van der Waals surface area contributed by atoms with Crippen molar-refractivity contribution >= 4 is 16.9 Å². The Morgan fingerprint density at radius 1 is 1.33 bits per heavy atom. The van der Waals surface area contributed by atoms with Crippen LogP contribution in [0.5, 0.6) is 0 Å². The predicted molar refractivity (Wildman–Crippen MR) is 81.1 cm³/mol. The minimum Gasteiger partial charge on any atom is -0.362 e. The largest absolute Gasteiger partial charge is 0.362 e. The molecular formula is C15H22N2S. The van der Waals surface area contributed by atoms with E-state index in [1.54, 1.807) is 0 Å². The van der Waals surface area contributed by atoms with Crippen molar-refractivity contribution in [1.29, 1.82) is 0 Å². The second-order valence-electron chi connectivity index (χ2n) is 5.07. The molecule has 1 N–H and O–H groups in total. The summed E-state index contributed by atoms with van der Waals surface area (Å²) >= 11 is 1.86. The molecule has 0 saturated heterocycles. The third-order valence-corrected chi connectivity index (χ3v) is 4.56. The molecule has 1 aliphatic heterocycles. The van der Waals surface area contributed by atoms with Crippen molar-refractivity contribution in [2.24, 2.45) is 10.9 Å². The average Bonchev–Trinajstić information content (AvgIpc) is 2.85. The molecule has 1 aliphatic rings. The van der Waals surface area contributed by atoms with E-state index in [0.29, 0.717) is 17.2 Å². The SMILES string of the molecule is CCC(NC1=NCC(c2ccccc2)S1)C(C)C. The Balaban J connectivity index is 1.92. The van der Waals surface area contributed by atoms with Crippen LogP contribution in [0.15, 0.2) is 35.3 Å². The zero-order valence-corrected chi connectivity index (χ0v) is 12.2. The molecule has 0 bridgehead atoms. The highest BCUT2D eigenvalue weighted by Gasteiger charge is 2.23. The topological polar surface area (TPSA) is 24.4 Å². The van der Waals surface area contributed by atoms with Crippen LogP contribution < -0.4 is 5.32 Å². The van der Waals surface area contributed by atoms with Crippen molar-refractivity contribution < 1.29 is 0 Å². The monoisotopic (exact) mass is 262 g/mol. The van der Waals surface area contributed by atoms with Gasteiger partial charge in [-0.15, -0.1) is 0 Å². The number of hydrogen-bond donors (Lipinski definition) is 1. The molecule has 98 valence electrons. The van der Waals surface area contributed by atoms with E-state index in [1.165, 1.54) is 5.56 Å². The maximum absolute atomic E-state index is 4.63. The van der Waals surface area contributed by atoms with Crippen molar-refractivity contribution in [3.63, 3.8) is 0 Å². The van der Waals surface area contributed by atoms with Gasteiger partial charge in [0.2, 0.25) is 0 Å². The van der Waals surface area contributed by atoms with Crippen molar-refractivity contribution in [3.05, 3.63) is 35.9 Å². The normalized spacial score (nSPS) is 20.9. The van der Waals surface area contributed by atoms with Crippen LogP contribution in [-0.4, -0.2) is 17.8 Å². The fraction of sp³-hybridized carbons (Fsp3) is 0.533. The molecule has 0 spiro atoms. The summed E-state index contributed by atoms with van der Waals surface area (Å²) in [6.45, 7) is 7.64. The van der Waals surface area contributed by atoms with Gasteiger partial charge >= 0.3 is 0 Å². The van der Waals surface area contributed by atoms with E-state index in [0.717, 1.165) is 18.1 Å². The molecule has 0 fully saturated rings. The summed E-state index contributed by atoms with van der Waals surface area (Å²) in [4.78, 5) is 4.63. The van der Waals surface area contributed by atoms with Crippen LogP contribution in [0.2, 0.25) is 0 Å². The van der Waals surface area contributed by atoms with Crippen molar-refractivity contribution in [1.82, 2.24) is 5.32 Å². The van der Waals surface area contributed by atoms with Crippen LogP contribution in [0.3, 0.4) is 0 Å². The Morgan fingerprint density at radius 3 is 2.67 bits per heavy atom. The number of rotatable bonds is 4. The third kappa shape index (κ3) is 3.29. The van der Waals surface area contributed by atoms with Gasteiger partial charge < -0.3 is 5.32 Å². The number of nitrogens with zero attached hydrogens (tertiary/aromatic N) is 1. The zero-order chi connectivity index (χ0) is 13.0. The maximum atomic E-state index is 4.63. The van der Waals surface area contributed by atoms with E-state index in [9.17, 15) is 0 Å². The van der Waals surface area contributed by atoms with E-state index in [-0.39, 0.29) is 0 Å². The quantitative estimate of drug-likeness (QED) is 0.891. The number of hydrogen-bond acceptors (Lipinski definition) is 3. The summed E-state index contributed by atoms with van der Waals surface area (Å²) < 4.78 is 0. The van der Waals surface area contributed by atoms with E-state index < -0.39 is 0 Å². The molecule has 0 amide bonds. The van der Waals surface area contributed by atoms with E-state index >= 15 is 0 Å². The highest BCUT2D eigenvalue weighted by molar-refractivity contribution is 8.14. The number of thioether (sulfide) groups is 1. The number of benzene rings is 1. The van der Waals surface area contributed by atoms with Gasteiger partial charge in [-0.1, -0.05) is 62.9 Å². The fourth-order valence-electron chi connectivity index (χ4n) is 2.19. The molecule has 0 saturated carbocycles. The van der Waals surface area contributed by atoms with Crippen molar-refractivity contribution in [3.8, 4) is 0 Å². The number of aliphatic imine (C=N–C) groups is 1. The van der Waals surface area contributed by atoms with Gasteiger partial charge in [0.15, 0.2) is 5.17 Å². The average molecular weight is 262 g/mol. The Hall–Kier alpha value is -0.960. The Morgan fingerprint density at radius 2 is 2.06 bits per heavy atom. The first-order chi connectivity index (χ1) is 8.70. The van der Waals surface area contributed by atoms with Gasteiger partial charge in [0.05, 0.1) is 11.8 Å². The Bertz CT molecular complexity index is 400. The summed E-state index contributed by atoms with van der Waals surface area (Å²) in [6, 6.07) is 11.2. The van der Waals surface area contributed by atoms with Crippen LogP contribution in [0.1, 0.15) is 38.0 Å². The van der Waals surface area contributed by atoms with Crippen LogP contribution in [0.4, 0.5) is 0 Å². The van der Waals surface area contributed by atoms with Crippen LogP contribution in [-0.2, 0) is 0 Å². The molecule has 2 unspecified atom stereocenters. The smallest absolute Gasteiger partial charge is 0.157 e. The minimum atomic E-state index is 0.485. The standard InChI is InChI=1S/C15H22N2S/c1-4-13(11(2)3)17-15-16-10-14(18-15)12-8-6-5-7-9-12/h5-9,11,13-14H,4,10H2,1-3H3,(H,16,17). The summed E-state index contributed by atoms with van der Waals surface area (Å²) in [7, 11) is 0. The van der Waals surface area contributed by atoms with E-state index in [2.05, 4.69) is 61.4 Å². The molecule has 1 aromatic carbocycles. The van der Waals surface area contributed by atoms with Crippen molar-refractivity contribution in [2.75, 3.05) is 6.54 Å². The van der Waals surface area contributed by atoms with Gasteiger partial charge in [-0.25, -0.2) is 0 Å². The van der Waals surface area contributed by atoms with Gasteiger partial charge in [-0.05, 0) is 17.9 Å². The molecule has 0 aromatic heterocycles. The Kier molecular flexibility index (Phi) is 4.70. The second-order valence-corrected chi connectivity index (χ2v) is 6.26. The summed E-state index contributed by atoms with van der Waals surface area (Å²) in [5.74, 6) is 0.647. The van der Waals surface area contributed by atoms with E-state index in [1.807, 2.05) is 11.8 Å². The summed E-state index contributed by atoms with van der Waals surface area (Å²) in [5, 5.41) is 5.18. The molecule has 1 heterocycles. The van der Waals surface area contributed by atoms with Gasteiger partial charge in [-0.3, -0.25) is 4.99 Å². The highest BCUT2D eigenvalue weighted by Crippen LogP contribution is 2.34. The lowest BCUT2D eigenvalue weighted by atomic mass is 10.0. The lowest BCUT2D eigenvalue weighted by Crippen LogP contribution is -2.36. The lowest BCUT2D eigenvalue weighted by Gasteiger charge is -2.21. The zero-order valence-electron chi connectivity index (χ0n) is 11.4. The molecule has 1 aromatic rings. The summed E-state index contributed by atoms with van der Waals surface area (Å²) in [6.07, 6.45) is 1.15. The Labute approximate surface area is 114 Å². The molecule has 18 heavy (non-hydrogen) atoms. The molecule has 2 atom stereocenters. The number of nitrogens with one attached hydrogen (secondary N) is 1. The first-order valence-corrected chi connectivity index (χ1v) is 7.61. The number of amidine groups is 1. The van der Waals surface area contributed by atoms with Gasteiger partial charge in [0.1, 0.15) is 0 Å². The molecule has 2 rings (SSSR count). The van der Waals surface area contributed by atoms with Crippen LogP contribution in [0, 0.1) is 5.92 Å². The third-order valence-electron chi connectivity index (χ3n) is 3.38. The molecular weight excluding hydrogens is 240 g/mol. The van der Waals surface area contributed by atoms with Gasteiger partial charge in [0.25, 0.3) is 0 Å². The van der Waals surface area contributed by atoms with Crippen LogP contribution in [0.25, 0.3) is 0 Å². The molecule has 2 nitrogen and oxygen atoms in total. The molecule has 0 radical (unpaired) electrons. The second kappa shape index (κ2) is 6.28. The highest BCUT2D eigenvalue weighted by atomic mass is 32.2. The maximum Gasteiger partial charge on any atom is 0.157 e. The van der Waals surface area contributed by atoms with Gasteiger partial charge in [-0.2, -0.15) is 0 Å². The first kappa shape index (κ1) is 13.5. The molecule has 0 aliphatic carbocycles. The molecule has 3 heteroatoms. The van der Waals surface area contributed by atoms with Crippen molar-refractivity contribution in [2.45, 2.75) is 38.5 Å². The van der Waals surface area contributed by atoms with Crippen LogP contribution >= 0.6 is 11.8 Å². The summed E-state index contributed by atoms with van der Waals surface area (Å²) in [5.41, 5.74) is 1.38. The predicted octanol–water partition coefficient (Wildman–Crippen LogP) is 3.85. The minimum absolute atomic E-state index is 0.485. The lowest BCUT2D eigenvalue weighted by molar-refractivity contribution is 0.444. The van der Waals surface area contributed by atoms with E-state index in [4.69, 9.17) is 0 Å². The first-order valence-electron chi connectivity index (χ1n) is 6.73. The fourth-order valence-corrected chi connectivity index (χ4v) is 3.27.